The molecule has 1 aromatic carbocycles. The molecule has 2 heteroatoms. The van der Waals surface area contributed by atoms with E-state index in [1.165, 1.54) is 22.3 Å². The third kappa shape index (κ3) is 7.14. The Labute approximate surface area is 117 Å². The monoisotopic (exact) mass is 261 g/mol. The van der Waals surface area contributed by atoms with Crippen molar-refractivity contribution >= 4 is 0 Å². The van der Waals surface area contributed by atoms with E-state index in [2.05, 4.69) is 50.4 Å². The summed E-state index contributed by atoms with van der Waals surface area (Å²) in [7, 11) is 1.73. The van der Waals surface area contributed by atoms with Gasteiger partial charge in [-0.05, 0) is 45.7 Å². The molecule has 0 bridgehead atoms. The SMILES string of the molecule is COCCNCCC=C(C)Cc1cc(C)cc(C)c1. The molecule has 0 unspecified atom stereocenters. The number of hydrogen-bond acceptors (Lipinski definition) is 2. The Bertz CT molecular complexity index is 389. The minimum Gasteiger partial charge on any atom is -0.383 e. The molecule has 0 radical (unpaired) electrons. The highest BCUT2D eigenvalue weighted by Gasteiger charge is 1.97. The van der Waals surface area contributed by atoms with Crippen LogP contribution in [-0.4, -0.2) is 26.8 Å². The Morgan fingerprint density at radius 1 is 1.16 bits per heavy atom. The summed E-state index contributed by atoms with van der Waals surface area (Å²) in [5, 5.41) is 3.35. The van der Waals surface area contributed by atoms with Crippen LogP contribution in [0.4, 0.5) is 0 Å². The van der Waals surface area contributed by atoms with Gasteiger partial charge in [0.15, 0.2) is 0 Å². The molecule has 0 aliphatic rings. The van der Waals surface area contributed by atoms with Crippen molar-refractivity contribution in [2.75, 3.05) is 26.8 Å². The normalized spacial score (nSPS) is 11.9. The molecule has 106 valence electrons. The van der Waals surface area contributed by atoms with Crippen LogP contribution in [0.15, 0.2) is 29.8 Å². The summed E-state index contributed by atoms with van der Waals surface area (Å²) in [6.45, 7) is 9.27. The van der Waals surface area contributed by atoms with Gasteiger partial charge in [0.2, 0.25) is 0 Å². The van der Waals surface area contributed by atoms with Crippen LogP contribution in [0.3, 0.4) is 0 Å². The molecule has 1 N–H and O–H groups in total. The number of rotatable bonds is 8. The summed E-state index contributed by atoms with van der Waals surface area (Å²) < 4.78 is 4.99. The minimum absolute atomic E-state index is 0.783. The van der Waals surface area contributed by atoms with Crippen LogP contribution < -0.4 is 5.32 Å². The second-order valence-electron chi connectivity index (χ2n) is 5.25. The Hall–Kier alpha value is -1.12. The molecule has 0 aromatic heterocycles. The molecule has 1 aromatic rings. The summed E-state index contributed by atoms with van der Waals surface area (Å²) >= 11 is 0. The van der Waals surface area contributed by atoms with E-state index in [-0.39, 0.29) is 0 Å². The zero-order valence-electron chi connectivity index (χ0n) is 12.8. The van der Waals surface area contributed by atoms with Gasteiger partial charge in [0, 0.05) is 13.7 Å². The average Bonchev–Trinajstić information content (AvgIpc) is 2.32. The third-order valence-corrected chi connectivity index (χ3v) is 3.06. The van der Waals surface area contributed by atoms with Gasteiger partial charge in [0.25, 0.3) is 0 Å². The summed E-state index contributed by atoms with van der Waals surface area (Å²) in [5.41, 5.74) is 5.56. The van der Waals surface area contributed by atoms with Gasteiger partial charge in [0.05, 0.1) is 6.61 Å². The summed E-state index contributed by atoms with van der Waals surface area (Å²) in [6.07, 6.45) is 4.47. The van der Waals surface area contributed by atoms with Crippen molar-refractivity contribution in [2.45, 2.75) is 33.6 Å². The van der Waals surface area contributed by atoms with Crippen LogP contribution in [0.1, 0.15) is 30.0 Å². The molecule has 2 nitrogen and oxygen atoms in total. The fourth-order valence-electron chi connectivity index (χ4n) is 2.29. The molecule has 0 heterocycles. The first-order valence-electron chi connectivity index (χ1n) is 7.04. The van der Waals surface area contributed by atoms with Crippen LogP contribution >= 0.6 is 0 Å². The van der Waals surface area contributed by atoms with E-state index in [9.17, 15) is 0 Å². The molecule has 0 saturated heterocycles. The van der Waals surface area contributed by atoms with Gasteiger partial charge in [-0.3, -0.25) is 0 Å². The largest absolute Gasteiger partial charge is 0.383 e. The van der Waals surface area contributed by atoms with Gasteiger partial charge in [-0.15, -0.1) is 0 Å². The summed E-state index contributed by atoms with van der Waals surface area (Å²) in [4.78, 5) is 0. The van der Waals surface area contributed by atoms with Gasteiger partial charge in [0.1, 0.15) is 0 Å². The number of benzene rings is 1. The van der Waals surface area contributed by atoms with Gasteiger partial charge < -0.3 is 10.1 Å². The maximum absolute atomic E-state index is 4.99. The molecule has 0 fully saturated rings. The van der Waals surface area contributed by atoms with Crippen molar-refractivity contribution in [3.8, 4) is 0 Å². The average molecular weight is 261 g/mol. The lowest BCUT2D eigenvalue weighted by atomic mass is 10.0. The highest BCUT2D eigenvalue weighted by atomic mass is 16.5. The lowest BCUT2D eigenvalue weighted by molar-refractivity contribution is 0.199. The van der Waals surface area contributed by atoms with Crippen LogP contribution in [-0.2, 0) is 11.2 Å². The first kappa shape index (κ1) is 15.9. The Balaban J connectivity index is 2.34. The molecule has 1 rings (SSSR count). The van der Waals surface area contributed by atoms with E-state index in [4.69, 9.17) is 4.74 Å². The lowest BCUT2D eigenvalue weighted by Crippen LogP contribution is -2.19. The Kier molecular flexibility index (Phi) is 7.46. The smallest absolute Gasteiger partial charge is 0.0587 e. The van der Waals surface area contributed by atoms with Crippen LogP contribution in [0.2, 0.25) is 0 Å². The summed E-state index contributed by atoms with van der Waals surface area (Å²) in [5.74, 6) is 0. The predicted octanol–water partition coefficient (Wildman–Crippen LogP) is 3.42. The molecule has 0 aliphatic heterocycles. The fourth-order valence-corrected chi connectivity index (χ4v) is 2.29. The predicted molar refractivity (Wildman–Crippen MR) is 82.7 cm³/mol. The summed E-state index contributed by atoms with van der Waals surface area (Å²) in [6, 6.07) is 6.78. The molecule has 0 amide bonds. The molecule has 0 atom stereocenters. The van der Waals surface area contributed by atoms with E-state index >= 15 is 0 Å². The molecule has 0 aliphatic carbocycles. The Morgan fingerprint density at radius 3 is 2.47 bits per heavy atom. The maximum Gasteiger partial charge on any atom is 0.0587 e. The maximum atomic E-state index is 4.99. The first-order chi connectivity index (χ1) is 9.11. The van der Waals surface area contributed by atoms with Crippen LogP contribution in [0.25, 0.3) is 0 Å². The molecule has 0 saturated carbocycles. The number of aryl methyl sites for hydroxylation is 2. The second-order valence-corrected chi connectivity index (χ2v) is 5.25. The van der Waals surface area contributed by atoms with Crippen molar-refractivity contribution < 1.29 is 4.74 Å². The van der Waals surface area contributed by atoms with Gasteiger partial charge in [-0.1, -0.05) is 41.0 Å². The van der Waals surface area contributed by atoms with Gasteiger partial charge >= 0.3 is 0 Å². The highest BCUT2D eigenvalue weighted by Crippen LogP contribution is 2.13. The van der Waals surface area contributed by atoms with Crippen molar-refractivity contribution in [3.05, 3.63) is 46.5 Å². The molecule has 19 heavy (non-hydrogen) atoms. The van der Waals surface area contributed by atoms with E-state index < -0.39 is 0 Å². The zero-order chi connectivity index (χ0) is 14.1. The number of hydrogen-bond donors (Lipinski definition) is 1. The minimum atomic E-state index is 0.783. The lowest BCUT2D eigenvalue weighted by Gasteiger charge is -2.06. The first-order valence-corrected chi connectivity index (χ1v) is 7.04. The highest BCUT2D eigenvalue weighted by molar-refractivity contribution is 5.31. The van der Waals surface area contributed by atoms with E-state index in [0.717, 1.165) is 32.5 Å². The van der Waals surface area contributed by atoms with Gasteiger partial charge in [-0.25, -0.2) is 0 Å². The number of allylic oxidation sites excluding steroid dienone is 1. The molecular formula is C17H27NO. The van der Waals surface area contributed by atoms with Gasteiger partial charge in [-0.2, -0.15) is 0 Å². The van der Waals surface area contributed by atoms with E-state index in [1.54, 1.807) is 7.11 Å². The van der Waals surface area contributed by atoms with Crippen molar-refractivity contribution in [3.63, 3.8) is 0 Å². The van der Waals surface area contributed by atoms with E-state index in [0.29, 0.717) is 0 Å². The third-order valence-electron chi connectivity index (χ3n) is 3.06. The number of ether oxygens (including phenoxy) is 1. The van der Waals surface area contributed by atoms with E-state index in [1.807, 2.05) is 0 Å². The zero-order valence-corrected chi connectivity index (χ0v) is 12.8. The van der Waals surface area contributed by atoms with Crippen molar-refractivity contribution in [1.82, 2.24) is 5.32 Å². The topological polar surface area (TPSA) is 21.3 Å². The number of nitrogens with one attached hydrogen (secondary N) is 1. The quantitative estimate of drug-likeness (QED) is 0.572. The fraction of sp³-hybridized carbons (Fsp3) is 0.529. The van der Waals surface area contributed by atoms with Crippen LogP contribution in [0, 0.1) is 13.8 Å². The van der Waals surface area contributed by atoms with Crippen molar-refractivity contribution in [1.29, 1.82) is 0 Å². The second kappa shape index (κ2) is 8.89. The van der Waals surface area contributed by atoms with Crippen LogP contribution in [0.5, 0.6) is 0 Å². The van der Waals surface area contributed by atoms with Crippen molar-refractivity contribution in [2.24, 2.45) is 0 Å². The Morgan fingerprint density at radius 2 is 1.84 bits per heavy atom. The molecule has 0 spiro atoms. The standard InChI is InChI=1S/C17H27NO/c1-14(6-5-7-18-8-9-19-4)11-17-12-15(2)10-16(3)13-17/h6,10,12-13,18H,5,7-9,11H2,1-4H3. The molecular weight excluding hydrogens is 234 g/mol. The number of methoxy groups -OCH3 is 1.